The average Bonchev–Trinajstić information content (AvgIpc) is 3.44. The first kappa shape index (κ1) is 55.7. The Morgan fingerprint density at radius 2 is 0.773 bits per heavy atom. The molecule has 0 aliphatic carbocycles. The Balaban J connectivity index is 1.04. The van der Waals surface area contributed by atoms with E-state index in [9.17, 15) is 0 Å². The summed E-state index contributed by atoms with van der Waals surface area (Å²) in [4.78, 5) is 0. The van der Waals surface area contributed by atoms with E-state index < -0.39 is 61.8 Å². The Morgan fingerprint density at radius 1 is 0.413 bits per heavy atom. The number of hydrogen-bond acceptors (Lipinski definition) is 13. The van der Waals surface area contributed by atoms with Gasteiger partial charge in [-0.25, -0.2) is 0 Å². The molecule has 0 spiro atoms. The molecule has 4 aromatic rings. The van der Waals surface area contributed by atoms with Gasteiger partial charge in [0, 0.05) is 8.29 Å². The lowest BCUT2D eigenvalue weighted by Crippen LogP contribution is -2.60. The molecule has 0 aromatic heterocycles. The first-order valence-corrected chi connectivity index (χ1v) is 27.4. The van der Waals surface area contributed by atoms with E-state index in [1.54, 1.807) is 6.92 Å². The predicted octanol–water partition coefficient (Wildman–Crippen LogP) is 11.4. The molecule has 410 valence electrons. The molecule has 0 bridgehead atoms. The van der Waals surface area contributed by atoms with Crippen LogP contribution in [-0.2, 0) is 83.3 Å². The van der Waals surface area contributed by atoms with Gasteiger partial charge in [-0.1, -0.05) is 177 Å². The van der Waals surface area contributed by atoms with Gasteiger partial charge in [0.05, 0.1) is 70.7 Å². The van der Waals surface area contributed by atoms with E-state index in [1.165, 1.54) is 0 Å². The molecule has 4 aromatic carbocycles. The molecule has 75 heavy (non-hydrogen) atoms. The van der Waals surface area contributed by atoms with Gasteiger partial charge in [0.25, 0.3) is 0 Å². The van der Waals surface area contributed by atoms with Crippen molar-refractivity contribution in [3.63, 3.8) is 0 Å². The zero-order valence-electron chi connectivity index (χ0n) is 46.6. The zero-order valence-corrected chi connectivity index (χ0v) is 45.6. The van der Waals surface area contributed by atoms with Crippen LogP contribution in [0.1, 0.15) is 92.8 Å². The lowest BCUT2D eigenvalue weighted by Gasteiger charge is -2.51. The van der Waals surface area contributed by atoms with Crippen molar-refractivity contribution in [2.75, 3.05) is 19.8 Å². The SMILES string of the molecule is [3H]CC1OC(OC2C(OCC3OC(OC(C)=N)C(OCc4ccccc4)C(C)C3C)OC(COCc3ccccc3)C(C)C2C)C(OC2OC(COCc3ccccc3)C(C)C(C)C2OCc2ccccc2)C(C)C1C. The number of rotatable bonds is 22. The van der Waals surface area contributed by atoms with E-state index in [0.717, 1.165) is 22.3 Å². The summed E-state index contributed by atoms with van der Waals surface area (Å²) < 4.78 is 89.8. The third kappa shape index (κ3) is 14.9. The monoisotopic (exact) mass is 1040 g/mol. The lowest BCUT2D eigenvalue weighted by atomic mass is 9.82. The highest BCUT2D eigenvalue weighted by molar-refractivity contribution is 5.69. The zero-order chi connectivity index (χ0) is 53.7. The van der Waals surface area contributed by atoms with Crippen molar-refractivity contribution in [3.8, 4) is 0 Å². The number of ether oxygens (including phenoxy) is 12. The molecule has 4 aliphatic rings. The maximum absolute atomic E-state index is 8.65. The summed E-state index contributed by atoms with van der Waals surface area (Å²) in [6.45, 7) is 21.5. The minimum absolute atomic E-state index is 0.0186. The van der Waals surface area contributed by atoms with Crippen molar-refractivity contribution in [1.29, 1.82) is 5.41 Å². The van der Waals surface area contributed by atoms with Crippen molar-refractivity contribution < 1.29 is 58.2 Å². The van der Waals surface area contributed by atoms with Gasteiger partial charge in [0.2, 0.25) is 6.29 Å². The maximum atomic E-state index is 8.65. The van der Waals surface area contributed by atoms with Gasteiger partial charge >= 0.3 is 0 Å². The topological polar surface area (TPSA) is 135 Å². The second-order valence-corrected chi connectivity index (χ2v) is 21.8. The van der Waals surface area contributed by atoms with Crippen LogP contribution in [0.5, 0.6) is 0 Å². The summed E-state index contributed by atoms with van der Waals surface area (Å²) in [6, 6.07) is 40.5. The number of benzene rings is 4. The molecule has 8 rings (SSSR count). The molecule has 4 saturated heterocycles. The van der Waals surface area contributed by atoms with Gasteiger partial charge in [-0.15, -0.1) is 0 Å². The Kier molecular flexibility index (Phi) is 20.4. The first-order valence-electron chi connectivity index (χ1n) is 28.1. The molecule has 13 heteroatoms. The van der Waals surface area contributed by atoms with Gasteiger partial charge in [-0.05, 0) is 76.5 Å². The summed E-state index contributed by atoms with van der Waals surface area (Å²) in [5.41, 5.74) is 4.26. The molecule has 4 fully saturated rings. The highest BCUT2D eigenvalue weighted by Crippen LogP contribution is 2.43. The molecular weight excluding hydrogens is 951 g/mol. The van der Waals surface area contributed by atoms with Crippen molar-refractivity contribution in [2.45, 2.75) is 170 Å². The molecule has 4 aliphatic heterocycles. The van der Waals surface area contributed by atoms with Gasteiger partial charge in [0.15, 0.2) is 24.8 Å². The van der Waals surface area contributed by atoms with Gasteiger partial charge in [0.1, 0.15) is 24.4 Å². The molecule has 20 atom stereocenters. The normalized spacial score (nSPS) is 36.4. The third-order valence-corrected chi connectivity index (χ3v) is 16.7. The van der Waals surface area contributed by atoms with Crippen LogP contribution in [-0.4, -0.2) is 99.7 Å². The molecule has 1 N–H and O–H groups in total. The predicted molar refractivity (Wildman–Crippen MR) is 286 cm³/mol. The molecular formula is C62H85NO12. The second-order valence-electron chi connectivity index (χ2n) is 21.8. The van der Waals surface area contributed by atoms with Crippen LogP contribution in [0.4, 0.5) is 0 Å². The summed E-state index contributed by atoms with van der Waals surface area (Å²) >= 11 is 0. The second kappa shape index (κ2) is 27.5. The molecule has 0 amide bonds. The van der Waals surface area contributed by atoms with Gasteiger partial charge in [-0.2, -0.15) is 0 Å². The minimum atomic E-state index is -0.927. The number of nitrogens with one attached hydrogen (secondary N) is 1. The van der Waals surface area contributed by atoms with Crippen molar-refractivity contribution in [2.24, 2.45) is 47.3 Å². The van der Waals surface area contributed by atoms with E-state index in [-0.39, 0.29) is 79.0 Å². The fraction of sp³-hybridized carbons (Fsp3) is 0.597. The highest BCUT2D eigenvalue weighted by Gasteiger charge is 2.52. The maximum Gasteiger partial charge on any atom is 0.228 e. The van der Waals surface area contributed by atoms with E-state index in [0.29, 0.717) is 39.6 Å². The van der Waals surface area contributed by atoms with E-state index in [4.69, 9.17) is 63.6 Å². The fourth-order valence-electron chi connectivity index (χ4n) is 10.8. The molecule has 4 heterocycles. The van der Waals surface area contributed by atoms with Crippen LogP contribution in [0.2, 0.25) is 0 Å². The van der Waals surface area contributed by atoms with Crippen LogP contribution in [0.3, 0.4) is 0 Å². The third-order valence-electron chi connectivity index (χ3n) is 16.7. The van der Waals surface area contributed by atoms with E-state index in [2.05, 4.69) is 91.8 Å². The van der Waals surface area contributed by atoms with Crippen molar-refractivity contribution in [1.82, 2.24) is 0 Å². The average molecular weight is 1040 g/mol. The van der Waals surface area contributed by atoms with Crippen LogP contribution in [0, 0.1) is 52.8 Å². The Labute approximate surface area is 448 Å². The standard InChI is InChI=1S/C62H85NO12/c1-38-42(5)58(75-61-56(67-34-51-29-21-14-22-30-51)43(6)39(2)53(72-61)36-65-32-49-25-17-12-18-26-49)62(69-46(38)9)74-57-45(8)41(4)52(35-64-31-48-23-15-11-16-24-48)71-59(57)68-37-54-40(3)44(7)55(60(73-54)70-47(10)63)66-33-50-27-19-13-20-28-50/h11-30,38-46,52-63H,31-37H2,1-10H3/i9T. The first-order chi connectivity index (χ1) is 36.8. The van der Waals surface area contributed by atoms with Gasteiger partial charge < -0.3 is 56.8 Å². The smallest absolute Gasteiger partial charge is 0.228 e. The Bertz CT molecular complexity index is 2300. The van der Waals surface area contributed by atoms with E-state index >= 15 is 0 Å². The summed E-state index contributed by atoms with van der Waals surface area (Å²) in [6.07, 6.45) is -7.07. The van der Waals surface area contributed by atoms with Gasteiger partial charge in [-0.3, -0.25) is 5.41 Å². The quantitative estimate of drug-likeness (QED) is 0.0593. The fourth-order valence-corrected chi connectivity index (χ4v) is 10.8. The molecule has 20 unspecified atom stereocenters. The Morgan fingerprint density at radius 3 is 1.23 bits per heavy atom. The van der Waals surface area contributed by atoms with Crippen LogP contribution in [0.25, 0.3) is 0 Å². The minimum Gasteiger partial charge on any atom is -0.450 e. The van der Waals surface area contributed by atoms with E-state index in [1.807, 2.05) is 84.9 Å². The lowest BCUT2D eigenvalue weighted by molar-refractivity contribution is -0.378. The van der Waals surface area contributed by atoms with Crippen molar-refractivity contribution >= 4 is 5.90 Å². The van der Waals surface area contributed by atoms with Crippen LogP contribution >= 0.6 is 0 Å². The Hall–Kier alpha value is -4.09. The summed E-state index contributed by atoms with van der Waals surface area (Å²) in [5.74, 6) is -0.194. The van der Waals surface area contributed by atoms with Crippen LogP contribution in [0.15, 0.2) is 121 Å². The van der Waals surface area contributed by atoms with Crippen molar-refractivity contribution in [3.05, 3.63) is 144 Å². The summed E-state index contributed by atoms with van der Waals surface area (Å²) in [7, 11) is 0. The highest BCUT2D eigenvalue weighted by atomic mass is 16.8. The largest absolute Gasteiger partial charge is 0.450 e. The molecule has 0 radical (unpaired) electrons. The summed E-state index contributed by atoms with van der Waals surface area (Å²) in [5, 5.41) is 8.30. The molecule has 13 nitrogen and oxygen atoms in total. The molecule has 0 saturated carbocycles. The van der Waals surface area contributed by atoms with Crippen LogP contribution < -0.4 is 0 Å². The number of hydrogen-bond donors (Lipinski definition) is 1.